The van der Waals surface area contributed by atoms with Gasteiger partial charge in [-0.2, -0.15) is 0 Å². The molecule has 0 spiro atoms. The van der Waals surface area contributed by atoms with Gasteiger partial charge in [-0.05, 0) is 31.4 Å². The summed E-state index contributed by atoms with van der Waals surface area (Å²) in [6, 6.07) is 9.51. The molecule has 1 aromatic carbocycles. The van der Waals surface area contributed by atoms with Crippen molar-refractivity contribution in [3.05, 3.63) is 36.0 Å². The summed E-state index contributed by atoms with van der Waals surface area (Å²) >= 11 is 0. The van der Waals surface area contributed by atoms with Crippen molar-refractivity contribution in [3.63, 3.8) is 0 Å². The van der Waals surface area contributed by atoms with Crippen LogP contribution < -0.4 is 10.1 Å². The summed E-state index contributed by atoms with van der Waals surface area (Å²) in [6.45, 7) is 2.88. The molecule has 1 fully saturated rings. The van der Waals surface area contributed by atoms with Gasteiger partial charge in [0, 0.05) is 18.2 Å². The van der Waals surface area contributed by atoms with E-state index >= 15 is 0 Å². The largest absolute Gasteiger partial charge is 0.497 e. The van der Waals surface area contributed by atoms with Crippen LogP contribution in [0.2, 0.25) is 0 Å². The van der Waals surface area contributed by atoms with E-state index in [1.54, 1.807) is 7.11 Å². The van der Waals surface area contributed by atoms with Gasteiger partial charge in [-0.25, -0.2) is 0 Å². The Hall–Kier alpha value is -2.30. The van der Waals surface area contributed by atoms with Crippen LogP contribution in [0.25, 0.3) is 11.3 Å². The normalized spacial score (nSPS) is 15.1. The van der Waals surface area contributed by atoms with E-state index in [1.165, 1.54) is 0 Å². The molecule has 1 aliphatic rings. The number of hydrogen-bond acceptors (Lipinski definition) is 4. The summed E-state index contributed by atoms with van der Waals surface area (Å²) in [6.07, 6.45) is 4.96. The smallest absolute Gasteiger partial charge is 0.232 e. The predicted octanol–water partition coefficient (Wildman–Crippen LogP) is 3.69. The highest BCUT2D eigenvalue weighted by Crippen LogP contribution is 2.48. The van der Waals surface area contributed by atoms with Crippen LogP contribution in [0, 0.1) is 0 Å². The summed E-state index contributed by atoms with van der Waals surface area (Å²) in [5, 5.41) is 7.22. The zero-order valence-electron chi connectivity index (χ0n) is 14.3. The van der Waals surface area contributed by atoms with E-state index in [0.29, 0.717) is 5.76 Å². The van der Waals surface area contributed by atoms with E-state index in [0.717, 1.165) is 55.7 Å². The Morgan fingerprint density at radius 3 is 2.88 bits per heavy atom. The first-order chi connectivity index (χ1) is 11.7. The summed E-state index contributed by atoms with van der Waals surface area (Å²) in [5.41, 5.74) is 1.13. The van der Waals surface area contributed by atoms with E-state index in [2.05, 4.69) is 17.4 Å². The minimum absolute atomic E-state index is 0.0732. The standard InChI is InChI=1S/C19H24N2O3/c1-3-4-5-11-20-18(22)19(9-10-19)17-13-16(24-21-17)14-7-6-8-15(12-14)23-2/h6-8,12-13H,3-5,9-11H2,1-2H3,(H,20,22). The Morgan fingerprint density at radius 1 is 1.33 bits per heavy atom. The molecule has 5 heteroatoms. The molecule has 0 radical (unpaired) electrons. The lowest BCUT2D eigenvalue weighted by atomic mass is 10.00. The highest BCUT2D eigenvalue weighted by Gasteiger charge is 2.53. The first kappa shape index (κ1) is 16.6. The number of amides is 1. The Labute approximate surface area is 142 Å². The van der Waals surface area contributed by atoms with Crippen LogP contribution in [0.4, 0.5) is 0 Å². The molecule has 1 N–H and O–H groups in total. The van der Waals surface area contributed by atoms with Crippen LogP contribution in [0.5, 0.6) is 5.75 Å². The molecule has 0 atom stereocenters. The van der Waals surface area contributed by atoms with Crippen molar-refractivity contribution in [3.8, 4) is 17.1 Å². The number of methoxy groups -OCH3 is 1. The lowest BCUT2D eigenvalue weighted by Gasteiger charge is -2.12. The summed E-state index contributed by atoms with van der Waals surface area (Å²) in [4.78, 5) is 12.5. The minimum atomic E-state index is -0.493. The highest BCUT2D eigenvalue weighted by molar-refractivity contribution is 5.91. The number of ether oxygens (including phenoxy) is 1. The molecule has 0 saturated heterocycles. The highest BCUT2D eigenvalue weighted by atomic mass is 16.5. The molecule has 1 aromatic heterocycles. The number of aromatic nitrogens is 1. The fraction of sp³-hybridized carbons (Fsp3) is 0.474. The molecule has 0 aliphatic heterocycles. The molecule has 1 heterocycles. The van der Waals surface area contributed by atoms with Crippen LogP contribution in [0.1, 0.15) is 44.7 Å². The lowest BCUT2D eigenvalue weighted by Crippen LogP contribution is -2.35. The van der Waals surface area contributed by atoms with Crippen LogP contribution in [-0.2, 0) is 10.2 Å². The Balaban J connectivity index is 1.71. The average molecular weight is 328 g/mol. The molecule has 128 valence electrons. The van der Waals surface area contributed by atoms with Crippen molar-refractivity contribution in [1.29, 1.82) is 0 Å². The number of carbonyl (C=O) groups is 1. The zero-order valence-corrected chi connectivity index (χ0v) is 14.3. The van der Waals surface area contributed by atoms with E-state index in [1.807, 2.05) is 30.3 Å². The number of nitrogens with one attached hydrogen (secondary N) is 1. The zero-order chi connectivity index (χ0) is 17.0. The molecule has 0 bridgehead atoms. The van der Waals surface area contributed by atoms with Crippen molar-refractivity contribution in [2.75, 3.05) is 13.7 Å². The second-order valence-electron chi connectivity index (χ2n) is 6.35. The quantitative estimate of drug-likeness (QED) is 0.751. The van der Waals surface area contributed by atoms with Gasteiger partial charge in [-0.15, -0.1) is 0 Å². The topological polar surface area (TPSA) is 64.4 Å². The van der Waals surface area contributed by atoms with Crippen molar-refractivity contribution in [2.24, 2.45) is 0 Å². The third-order valence-corrected chi connectivity index (χ3v) is 4.61. The number of carbonyl (C=O) groups excluding carboxylic acids is 1. The fourth-order valence-electron chi connectivity index (χ4n) is 2.88. The van der Waals surface area contributed by atoms with Crippen molar-refractivity contribution in [2.45, 2.75) is 44.4 Å². The van der Waals surface area contributed by atoms with E-state index in [4.69, 9.17) is 9.26 Å². The molecule has 1 saturated carbocycles. The lowest BCUT2D eigenvalue weighted by molar-refractivity contribution is -0.123. The van der Waals surface area contributed by atoms with Gasteiger partial charge in [0.25, 0.3) is 0 Å². The Morgan fingerprint density at radius 2 is 2.17 bits per heavy atom. The number of hydrogen-bond donors (Lipinski definition) is 1. The van der Waals surface area contributed by atoms with Crippen LogP contribution in [-0.4, -0.2) is 24.7 Å². The second-order valence-corrected chi connectivity index (χ2v) is 6.35. The Kier molecular flexibility index (Phi) is 4.88. The molecule has 1 aliphatic carbocycles. The van der Waals surface area contributed by atoms with Crippen molar-refractivity contribution >= 4 is 5.91 Å². The fourth-order valence-corrected chi connectivity index (χ4v) is 2.88. The second kappa shape index (κ2) is 7.07. The maximum atomic E-state index is 12.5. The third kappa shape index (κ3) is 3.30. The van der Waals surface area contributed by atoms with Gasteiger partial charge in [-0.3, -0.25) is 4.79 Å². The third-order valence-electron chi connectivity index (χ3n) is 4.61. The summed E-state index contributed by atoms with van der Waals surface area (Å²) in [5.74, 6) is 1.50. The van der Waals surface area contributed by atoms with Gasteiger partial charge in [0.15, 0.2) is 5.76 Å². The molecular formula is C19H24N2O3. The minimum Gasteiger partial charge on any atom is -0.497 e. The molecular weight excluding hydrogens is 304 g/mol. The number of nitrogens with zero attached hydrogens (tertiary/aromatic N) is 1. The average Bonchev–Trinajstić information content (AvgIpc) is 3.28. The maximum absolute atomic E-state index is 12.5. The molecule has 2 aromatic rings. The van der Waals surface area contributed by atoms with E-state index in [-0.39, 0.29) is 5.91 Å². The first-order valence-corrected chi connectivity index (χ1v) is 8.59. The van der Waals surface area contributed by atoms with E-state index < -0.39 is 5.41 Å². The first-order valence-electron chi connectivity index (χ1n) is 8.59. The van der Waals surface area contributed by atoms with Crippen LogP contribution >= 0.6 is 0 Å². The molecule has 3 rings (SSSR count). The number of rotatable bonds is 8. The molecule has 0 unspecified atom stereocenters. The number of unbranched alkanes of at least 4 members (excludes halogenated alkanes) is 2. The summed E-state index contributed by atoms with van der Waals surface area (Å²) in [7, 11) is 1.63. The van der Waals surface area contributed by atoms with Gasteiger partial charge in [0.05, 0.1) is 18.2 Å². The van der Waals surface area contributed by atoms with Crippen LogP contribution in [0.3, 0.4) is 0 Å². The van der Waals surface area contributed by atoms with Gasteiger partial charge >= 0.3 is 0 Å². The predicted molar refractivity (Wildman–Crippen MR) is 91.9 cm³/mol. The molecule has 5 nitrogen and oxygen atoms in total. The van der Waals surface area contributed by atoms with Crippen LogP contribution in [0.15, 0.2) is 34.9 Å². The van der Waals surface area contributed by atoms with E-state index in [9.17, 15) is 4.79 Å². The molecule has 1 amide bonds. The van der Waals surface area contributed by atoms with Crippen molar-refractivity contribution < 1.29 is 14.1 Å². The monoisotopic (exact) mass is 328 g/mol. The number of benzene rings is 1. The molecule has 24 heavy (non-hydrogen) atoms. The summed E-state index contributed by atoms with van der Waals surface area (Å²) < 4.78 is 10.7. The van der Waals surface area contributed by atoms with Crippen molar-refractivity contribution in [1.82, 2.24) is 10.5 Å². The Bertz CT molecular complexity index is 704. The van der Waals surface area contributed by atoms with Gasteiger partial charge < -0.3 is 14.6 Å². The van der Waals surface area contributed by atoms with Gasteiger partial charge in [-0.1, -0.05) is 37.1 Å². The van der Waals surface area contributed by atoms with Gasteiger partial charge in [0.2, 0.25) is 5.91 Å². The van der Waals surface area contributed by atoms with Gasteiger partial charge in [0.1, 0.15) is 5.75 Å². The SMILES string of the molecule is CCCCCNC(=O)C1(c2cc(-c3cccc(OC)c3)on2)CC1. The maximum Gasteiger partial charge on any atom is 0.232 e.